The standard InChI is InChI=1S/C22H23N3O2S/c1-15(2)28(26,27)20-10-8-19(9-11-20)21-14-23-17(4)22(25-21)24-13-18-7-5-6-16(3)12-18/h4-12,14-15H,13H2,1-3H3,(H,24,25). The maximum absolute atomic E-state index is 12.3. The van der Waals surface area contributed by atoms with Gasteiger partial charge < -0.3 is 5.32 Å². The summed E-state index contributed by atoms with van der Waals surface area (Å²) < 4.78 is 24.5. The number of benzene rings is 2. The number of sulfone groups is 1. The highest BCUT2D eigenvalue weighted by Gasteiger charge is 2.19. The van der Waals surface area contributed by atoms with E-state index in [2.05, 4.69) is 21.4 Å². The van der Waals surface area contributed by atoms with E-state index in [9.17, 15) is 8.42 Å². The van der Waals surface area contributed by atoms with Gasteiger partial charge in [-0.3, -0.25) is 4.98 Å². The first-order valence-electron chi connectivity index (χ1n) is 9.03. The van der Waals surface area contributed by atoms with E-state index in [0.29, 0.717) is 28.6 Å². The lowest BCUT2D eigenvalue weighted by Crippen LogP contribution is -2.13. The van der Waals surface area contributed by atoms with Crippen molar-refractivity contribution in [1.29, 1.82) is 0 Å². The van der Waals surface area contributed by atoms with Crippen molar-refractivity contribution in [2.45, 2.75) is 37.5 Å². The average molecular weight is 394 g/mol. The predicted molar refractivity (Wildman–Crippen MR) is 112 cm³/mol. The van der Waals surface area contributed by atoms with E-state index in [1.165, 1.54) is 5.56 Å². The fourth-order valence-corrected chi connectivity index (χ4v) is 3.82. The third kappa shape index (κ3) is 4.39. The Labute approximate surface area is 166 Å². The molecule has 3 aromatic rings. The molecule has 0 spiro atoms. The van der Waals surface area contributed by atoms with Gasteiger partial charge in [0.1, 0.15) is 5.82 Å². The van der Waals surface area contributed by atoms with Gasteiger partial charge >= 0.3 is 0 Å². The van der Waals surface area contributed by atoms with Crippen molar-refractivity contribution >= 4 is 15.7 Å². The van der Waals surface area contributed by atoms with E-state index < -0.39 is 15.1 Å². The van der Waals surface area contributed by atoms with Crippen LogP contribution in [0.25, 0.3) is 11.3 Å². The number of rotatable bonds is 6. The zero-order chi connectivity index (χ0) is 20.3. The lowest BCUT2D eigenvalue weighted by atomic mass is 10.1. The molecule has 0 aliphatic rings. The van der Waals surface area contributed by atoms with Crippen molar-refractivity contribution in [3.8, 4) is 11.3 Å². The van der Waals surface area contributed by atoms with Gasteiger partial charge in [0.15, 0.2) is 9.84 Å². The molecule has 1 heterocycles. The Morgan fingerprint density at radius 3 is 2.46 bits per heavy atom. The molecule has 144 valence electrons. The summed E-state index contributed by atoms with van der Waals surface area (Å²) in [5.41, 5.74) is 4.01. The van der Waals surface area contributed by atoms with E-state index in [0.717, 1.165) is 11.1 Å². The van der Waals surface area contributed by atoms with E-state index in [1.807, 2.05) is 25.1 Å². The molecule has 2 aromatic carbocycles. The molecule has 3 rings (SSSR count). The first-order chi connectivity index (χ1) is 13.3. The molecule has 0 aliphatic heterocycles. The van der Waals surface area contributed by atoms with Gasteiger partial charge in [0.25, 0.3) is 0 Å². The minimum absolute atomic E-state index is 0.299. The molecule has 5 nitrogen and oxygen atoms in total. The van der Waals surface area contributed by atoms with Crippen molar-refractivity contribution in [1.82, 2.24) is 9.97 Å². The highest BCUT2D eigenvalue weighted by molar-refractivity contribution is 7.92. The number of anilines is 1. The lowest BCUT2D eigenvalue weighted by molar-refractivity contribution is 0.587. The molecule has 1 N–H and O–H groups in total. The van der Waals surface area contributed by atoms with Gasteiger partial charge in [0, 0.05) is 19.0 Å². The summed E-state index contributed by atoms with van der Waals surface area (Å²) in [5, 5.41) is 2.76. The molecule has 0 saturated carbocycles. The Kier molecular flexibility index (Phi) is 5.79. The molecular formula is C22H23N3O2S. The SMILES string of the molecule is [CH]c1ncc(-c2ccc(S(=O)(=O)C(C)C)cc2)nc1NCc1cccc(C)c1. The van der Waals surface area contributed by atoms with Crippen LogP contribution in [0.4, 0.5) is 5.82 Å². The molecule has 0 aliphatic carbocycles. The Morgan fingerprint density at radius 2 is 1.82 bits per heavy atom. The van der Waals surface area contributed by atoms with Gasteiger partial charge in [-0.1, -0.05) is 42.0 Å². The Balaban J connectivity index is 1.83. The summed E-state index contributed by atoms with van der Waals surface area (Å²) in [5.74, 6) is 0.498. The van der Waals surface area contributed by atoms with Crippen LogP contribution in [0.5, 0.6) is 0 Å². The summed E-state index contributed by atoms with van der Waals surface area (Å²) in [6, 6.07) is 14.8. The van der Waals surface area contributed by atoms with Crippen LogP contribution in [0.15, 0.2) is 59.6 Å². The second kappa shape index (κ2) is 8.10. The average Bonchev–Trinajstić information content (AvgIpc) is 2.67. The van der Waals surface area contributed by atoms with E-state index in [4.69, 9.17) is 6.92 Å². The second-order valence-electron chi connectivity index (χ2n) is 6.95. The molecular weight excluding hydrogens is 370 g/mol. The highest BCUT2D eigenvalue weighted by Crippen LogP contribution is 2.23. The third-order valence-electron chi connectivity index (χ3n) is 4.44. The number of hydrogen-bond donors (Lipinski definition) is 1. The van der Waals surface area contributed by atoms with Crippen LogP contribution in [0.3, 0.4) is 0 Å². The van der Waals surface area contributed by atoms with Gasteiger partial charge in [0.05, 0.1) is 27.7 Å². The first-order valence-corrected chi connectivity index (χ1v) is 10.6. The van der Waals surface area contributed by atoms with E-state index in [1.54, 1.807) is 44.3 Å². The fraction of sp³-hybridized carbons (Fsp3) is 0.227. The van der Waals surface area contributed by atoms with Crippen LogP contribution in [0.1, 0.15) is 30.7 Å². The smallest absolute Gasteiger partial charge is 0.180 e. The highest BCUT2D eigenvalue weighted by atomic mass is 32.2. The minimum atomic E-state index is -3.30. The number of aromatic nitrogens is 2. The van der Waals surface area contributed by atoms with E-state index >= 15 is 0 Å². The second-order valence-corrected chi connectivity index (χ2v) is 9.45. The predicted octanol–water partition coefficient (Wildman–Crippen LogP) is 4.31. The molecule has 28 heavy (non-hydrogen) atoms. The van der Waals surface area contributed by atoms with Crippen LogP contribution in [0.2, 0.25) is 0 Å². The number of nitrogens with zero attached hydrogens (tertiary/aromatic N) is 2. The lowest BCUT2D eigenvalue weighted by Gasteiger charge is -2.11. The zero-order valence-electron chi connectivity index (χ0n) is 16.2. The summed E-state index contributed by atoms with van der Waals surface area (Å²) in [6.45, 7) is 11.9. The van der Waals surface area contributed by atoms with Crippen molar-refractivity contribution in [2.75, 3.05) is 5.32 Å². The Hall–Kier alpha value is -2.73. The maximum Gasteiger partial charge on any atom is 0.180 e. The van der Waals surface area contributed by atoms with Crippen molar-refractivity contribution in [3.05, 3.63) is 78.5 Å². The van der Waals surface area contributed by atoms with Crippen LogP contribution in [0, 0.1) is 13.8 Å². The summed E-state index contributed by atoms with van der Waals surface area (Å²) in [6.07, 6.45) is 1.58. The zero-order valence-corrected chi connectivity index (χ0v) is 17.0. The fourth-order valence-electron chi connectivity index (χ4n) is 2.76. The van der Waals surface area contributed by atoms with Crippen molar-refractivity contribution < 1.29 is 8.42 Å². The number of aryl methyl sites for hydroxylation is 1. The summed E-state index contributed by atoms with van der Waals surface area (Å²) >= 11 is 0. The molecule has 0 amide bonds. The van der Waals surface area contributed by atoms with Crippen LogP contribution < -0.4 is 5.32 Å². The molecule has 2 radical (unpaired) electrons. The van der Waals surface area contributed by atoms with Gasteiger partial charge in [-0.05, 0) is 38.5 Å². The van der Waals surface area contributed by atoms with Crippen LogP contribution in [-0.4, -0.2) is 23.6 Å². The van der Waals surface area contributed by atoms with Gasteiger partial charge in [-0.25, -0.2) is 13.4 Å². The number of nitrogens with one attached hydrogen (secondary N) is 1. The largest absolute Gasteiger partial charge is 0.364 e. The molecule has 0 atom stereocenters. The number of hydrogen-bond acceptors (Lipinski definition) is 5. The molecule has 0 bridgehead atoms. The third-order valence-corrected chi connectivity index (χ3v) is 6.61. The summed E-state index contributed by atoms with van der Waals surface area (Å²) in [4.78, 5) is 9.08. The molecule has 1 aromatic heterocycles. The molecule has 6 heteroatoms. The van der Waals surface area contributed by atoms with Crippen LogP contribution in [-0.2, 0) is 16.4 Å². The van der Waals surface area contributed by atoms with Gasteiger partial charge in [0.2, 0.25) is 0 Å². The first kappa shape index (κ1) is 20.0. The van der Waals surface area contributed by atoms with Crippen LogP contribution >= 0.6 is 0 Å². The van der Waals surface area contributed by atoms with Crippen molar-refractivity contribution in [3.63, 3.8) is 0 Å². The Bertz CT molecular complexity index is 1080. The quantitative estimate of drug-likeness (QED) is 0.676. The van der Waals surface area contributed by atoms with Crippen molar-refractivity contribution in [2.24, 2.45) is 0 Å². The maximum atomic E-state index is 12.3. The molecule has 0 unspecified atom stereocenters. The van der Waals surface area contributed by atoms with Gasteiger partial charge in [-0.2, -0.15) is 0 Å². The minimum Gasteiger partial charge on any atom is -0.364 e. The molecule has 0 saturated heterocycles. The van der Waals surface area contributed by atoms with Gasteiger partial charge in [-0.15, -0.1) is 0 Å². The normalized spacial score (nSPS) is 11.6. The monoisotopic (exact) mass is 393 g/mol. The van der Waals surface area contributed by atoms with E-state index in [-0.39, 0.29) is 0 Å². The Morgan fingerprint density at radius 1 is 1.11 bits per heavy atom. The summed E-state index contributed by atoms with van der Waals surface area (Å²) in [7, 11) is -3.30. The topological polar surface area (TPSA) is 72.0 Å². The molecule has 0 fully saturated rings.